The second-order valence-electron chi connectivity index (χ2n) is 3.91. The maximum atomic E-state index is 4.24. The minimum atomic E-state index is 0.766. The maximum Gasteiger partial charge on any atom is 0.158 e. The van der Waals surface area contributed by atoms with Crippen LogP contribution < -0.4 is 5.32 Å². The highest BCUT2D eigenvalue weighted by molar-refractivity contribution is 8.02. The van der Waals surface area contributed by atoms with Crippen molar-refractivity contribution >= 4 is 17.4 Å². The monoisotopic (exact) mass is 248 g/mol. The van der Waals surface area contributed by atoms with Crippen molar-refractivity contribution in [2.75, 3.05) is 6.26 Å². The van der Waals surface area contributed by atoms with Gasteiger partial charge >= 0.3 is 0 Å². The molecular formula is C12H16N4S. The highest BCUT2D eigenvalue weighted by atomic mass is 32.2. The van der Waals surface area contributed by atoms with E-state index in [1.165, 1.54) is 16.7 Å². The Hall–Kier alpha value is -1.49. The molecule has 5 heteroatoms. The summed E-state index contributed by atoms with van der Waals surface area (Å²) in [5, 5.41) is 8.43. The third kappa shape index (κ3) is 2.29. The summed E-state index contributed by atoms with van der Waals surface area (Å²) in [4.78, 5) is 4.24. The molecular weight excluding hydrogens is 232 g/mol. The minimum absolute atomic E-state index is 0.766. The van der Waals surface area contributed by atoms with E-state index < -0.39 is 0 Å². The van der Waals surface area contributed by atoms with Crippen molar-refractivity contribution in [1.29, 1.82) is 0 Å². The molecule has 2 rings (SSSR count). The van der Waals surface area contributed by atoms with Gasteiger partial charge in [-0.05, 0) is 36.8 Å². The van der Waals surface area contributed by atoms with E-state index in [1.54, 1.807) is 18.1 Å². The molecule has 2 heterocycles. The maximum absolute atomic E-state index is 4.24. The molecule has 0 unspecified atom stereocenters. The van der Waals surface area contributed by atoms with Crippen molar-refractivity contribution in [2.24, 2.45) is 0 Å². The Kier molecular flexibility index (Phi) is 3.38. The molecule has 0 aliphatic carbocycles. The predicted octanol–water partition coefficient (Wildman–Crippen LogP) is 2.27. The van der Waals surface area contributed by atoms with Gasteiger partial charge in [0.1, 0.15) is 6.33 Å². The molecule has 0 spiro atoms. The van der Waals surface area contributed by atoms with E-state index in [0.717, 1.165) is 17.2 Å². The number of rotatable bonds is 4. The van der Waals surface area contributed by atoms with Crippen molar-refractivity contribution in [3.63, 3.8) is 0 Å². The molecule has 1 N–H and O–H groups in total. The van der Waals surface area contributed by atoms with E-state index in [1.807, 2.05) is 17.0 Å². The van der Waals surface area contributed by atoms with E-state index in [-0.39, 0.29) is 0 Å². The van der Waals surface area contributed by atoms with Gasteiger partial charge in [-0.15, -0.1) is 11.8 Å². The second kappa shape index (κ2) is 4.79. The molecule has 2 aromatic rings. The Labute approximate surface area is 105 Å². The molecule has 4 nitrogen and oxygen atoms in total. The standard InChI is InChI=1S/C12H16N4S/c1-8-9(2)12-14-7-15-16(12)6-11(8)5-13-10(3)17-4/h6-7,13H,3,5H2,1-2,4H3. The van der Waals surface area contributed by atoms with Gasteiger partial charge in [-0.25, -0.2) is 9.50 Å². The van der Waals surface area contributed by atoms with Crippen molar-refractivity contribution in [2.45, 2.75) is 20.4 Å². The van der Waals surface area contributed by atoms with Crippen molar-refractivity contribution in [3.05, 3.63) is 40.8 Å². The normalized spacial score (nSPS) is 10.8. The number of nitrogens with zero attached hydrogens (tertiary/aromatic N) is 3. The fourth-order valence-corrected chi connectivity index (χ4v) is 1.93. The van der Waals surface area contributed by atoms with Crippen molar-refractivity contribution in [3.8, 4) is 0 Å². The lowest BCUT2D eigenvalue weighted by atomic mass is 10.1. The van der Waals surface area contributed by atoms with E-state index in [2.05, 4.69) is 35.8 Å². The number of hydrogen-bond acceptors (Lipinski definition) is 4. The summed E-state index contributed by atoms with van der Waals surface area (Å²) < 4.78 is 1.82. The van der Waals surface area contributed by atoms with E-state index in [0.29, 0.717) is 0 Å². The summed E-state index contributed by atoms with van der Waals surface area (Å²) in [6.07, 6.45) is 5.61. The van der Waals surface area contributed by atoms with Gasteiger partial charge in [-0.2, -0.15) is 5.10 Å². The Morgan fingerprint density at radius 2 is 2.24 bits per heavy atom. The van der Waals surface area contributed by atoms with Gasteiger partial charge in [0, 0.05) is 12.7 Å². The molecule has 90 valence electrons. The van der Waals surface area contributed by atoms with Crippen LogP contribution in [0.25, 0.3) is 5.65 Å². The number of nitrogens with one attached hydrogen (secondary N) is 1. The molecule has 17 heavy (non-hydrogen) atoms. The van der Waals surface area contributed by atoms with E-state index >= 15 is 0 Å². The van der Waals surface area contributed by atoms with Gasteiger partial charge < -0.3 is 5.32 Å². The van der Waals surface area contributed by atoms with Crippen molar-refractivity contribution in [1.82, 2.24) is 19.9 Å². The van der Waals surface area contributed by atoms with Crippen LogP contribution in [-0.4, -0.2) is 20.9 Å². The molecule has 0 aliphatic rings. The predicted molar refractivity (Wildman–Crippen MR) is 72.0 cm³/mol. The molecule has 2 aromatic heterocycles. The Morgan fingerprint density at radius 3 is 2.94 bits per heavy atom. The summed E-state index contributed by atoms with van der Waals surface area (Å²) >= 11 is 1.62. The van der Waals surface area contributed by atoms with Gasteiger partial charge in [0.25, 0.3) is 0 Å². The summed E-state index contributed by atoms with van der Waals surface area (Å²) in [6.45, 7) is 8.87. The zero-order valence-electron chi connectivity index (χ0n) is 10.3. The quantitative estimate of drug-likeness (QED) is 0.901. The number of thioether (sulfide) groups is 1. The van der Waals surface area contributed by atoms with Crippen LogP contribution in [0.5, 0.6) is 0 Å². The molecule has 0 aliphatic heterocycles. The number of aryl methyl sites for hydroxylation is 1. The highest BCUT2D eigenvalue weighted by Crippen LogP contribution is 2.17. The first-order chi connectivity index (χ1) is 8.13. The van der Waals surface area contributed by atoms with Gasteiger partial charge in [0.2, 0.25) is 0 Å². The SMILES string of the molecule is C=C(NCc1cn2ncnc2c(C)c1C)SC. The Bertz CT molecular complexity index is 559. The van der Waals surface area contributed by atoms with Crippen LogP contribution in [0.2, 0.25) is 0 Å². The zero-order chi connectivity index (χ0) is 12.4. The van der Waals surface area contributed by atoms with E-state index in [4.69, 9.17) is 0 Å². The van der Waals surface area contributed by atoms with Gasteiger partial charge in [-0.3, -0.25) is 0 Å². The average molecular weight is 248 g/mol. The first-order valence-electron chi connectivity index (χ1n) is 5.38. The lowest BCUT2D eigenvalue weighted by Crippen LogP contribution is -2.12. The van der Waals surface area contributed by atoms with Crippen LogP contribution in [0.3, 0.4) is 0 Å². The van der Waals surface area contributed by atoms with E-state index in [9.17, 15) is 0 Å². The number of fused-ring (bicyclic) bond motifs is 1. The number of pyridine rings is 1. The highest BCUT2D eigenvalue weighted by Gasteiger charge is 2.08. The topological polar surface area (TPSA) is 42.2 Å². The molecule has 0 fully saturated rings. The molecule has 0 radical (unpaired) electrons. The average Bonchev–Trinajstić information content (AvgIpc) is 2.79. The van der Waals surface area contributed by atoms with Crippen LogP contribution in [-0.2, 0) is 6.54 Å². The fraction of sp³-hybridized carbons (Fsp3) is 0.333. The summed E-state index contributed by atoms with van der Waals surface area (Å²) in [5.41, 5.74) is 4.58. The summed E-state index contributed by atoms with van der Waals surface area (Å²) in [7, 11) is 0. The zero-order valence-corrected chi connectivity index (χ0v) is 11.1. The third-order valence-electron chi connectivity index (χ3n) is 2.95. The van der Waals surface area contributed by atoms with Crippen LogP contribution in [0.4, 0.5) is 0 Å². The Balaban J connectivity index is 2.33. The minimum Gasteiger partial charge on any atom is -0.376 e. The summed E-state index contributed by atoms with van der Waals surface area (Å²) in [5.74, 6) is 0. The third-order valence-corrected chi connectivity index (χ3v) is 3.59. The lowest BCUT2D eigenvalue weighted by molar-refractivity contribution is 0.825. The lowest BCUT2D eigenvalue weighted by Gasteiger charge is -2.12. The van der Waals surface area contributed by atoms with Crippen LogP contribution >= 0.6 is 11.8 Å². The molecule has 0 aromatic carbocycles. The Morgan fingerprint density at radius 1 is 1.47 bits per heavy atom. The van der Waals surface area contributed by atoms with Gasteiger partial charge in [-0.1, -0.05) is 6.58 Å². The van der Waals surface area contributed by atoms with Crippen molar-refractivity contribution < 1.29 is 0 Å². The fourth-order valence-electron chi connectivity index (χ4n) is 1.71. The molecule has 0 bridgehead atoms. The smallest absolute Gasteiger partial charge is 0.158 e. The molecule has 0 amide bonds. The largest absolute Gasteiger partial charge is 0.376 e. The number of aromatic nitrogens is 3. The molecule has 0 saturated heterocycles. The van der Waals surface area contributed by atoms with Crippen LogP contribution in [0, 0.1) is 13.8 Å². The first-order valence-corrected chi connectivity index (χ1v) is 6.61. The van der Waals surface area contributed by atoms with Gasteiger partial charge in [0.15, 0.2) is 5.65 Å². The summed E-state index contributed by atoms with van der Waals surface area (Å²) in [6, 6.07) is 0. The number of hydrogen-bond donors (Lipinski definition) is 1. The van der Waals surface area contributed by atoms with Gasteiger partial charge in [0.05, 0.1) is 5.03 Å². The molecule has 0 saturated carbocycles. The van der Waals surface area contributed by atoms with Crippen LogP contribution in [0.1, 0.15) is 16.7 Å². The molecule has 0 atom stereocenters. The second-order valence-corrected chi connectivity index (χ2v) is 4.81. The van der Waals surface area contributed by atoms with Crippen LogP contribution in [0.15, 0.2) is 24.1 Å². The first kappa shape index (κ1) is 12.0.